The average Bonchev–Trinajstić information content (AvgIpc) is 2.63. The van der Waals surface area contributed by atoms with Crippen LogP contribution in [0, 0.1) is 0 Å². The van der Waals surface area contributed by atoms with Crippen LogP contribution < -0.4 is 4.52 Å². The van der Waals surface area contributed by atoms with E-state index in [0.29, 0.717) is 5.75 Å². The second-order valence-corrected chi connectivity index (χ2v) is 7.91. The van der Waals surface area contributed by atoms with Gasteiger partial charge in [-0.1, -0.05) is 71.6 Å². The second-order valence-electron chi connectivity index (χ2n) is 6.41. The third kappa shape index (κ3) is 8.89. The molecule has 4 nitrogen and oxygen atoms in total. The van der Waals surface area contributed by atoms with E-state index in [-0.39, 0.29) is 12.2 Å². The van der Waals surface area contributed by atoms with Gasteiger partial charge in [0.05, 0.1) is 12.2 Å². The van der Waals surface area contributed by atoms with Crippen LogP contribution in [0.25, 0.3) is 0 Å². The molecular formula is C20H35O4P. The van der Waals surface area contributed by atoms with Gasteiger partial charge in [0.25, 0.3) is 0 Å². The van der Waals surface area contributed by atoms with Gasteiger partial charge in [0.15, 0.2) is 0 Å². The van der Waals surface area contributed by atoms with Crippen molar-refractivity contribution in [2.45, 2.75) is 91.3 Å². The Labute approximate surface area is 153 Å². The zero-order chi connectivity index (χ0) is 18.5. The molecule has 0 spiro atoms. The highest BCUT2D eigenvalue weighted by Gasteiger charge is 2.34. The molecule has 0 heterocycles. The Bertz CT molecular complexity index is 470. The fourth-order valence-electron chi connectivity index (χ4n) is 2.57. The van der Waals surface area contributed by atoms with Gasteiger partial charge in [-0.25, -0.2) is 4.57 Å². The minimum Gasteiger partial charge on any atom is -0.404 e. The molecule has 0 aromatic heterocycles. The van der Waals surface area contributed by atoms with Gasteiger partial charge in [-0.05, 0) is 37.8 Å². The van der Waals surface area contributed by atoms with Crippen LogP contribution in [0.2, 0.25) is 0 Å². The van der Waals surface area contributed by atoms with E-state index in [1.54, 1.807) is 12.1 Å². The quantitative estimate of drug-likeness (QED) is 0.326. The van der Waals surface area contributed by atoms with Gasteiger partial charge < -0.3 is 4.52 Å². The van der Waals surface area contributed by atoms with Crippen LogP contribution in [0.5, 0.6) is 5.75 Å². The van der Waals surface area contributed by atoms with Gasteiger partial charge in [-0.3, -0.25) is 9.05 Å². The summed E-state index contributed by atoms with van der Waals surface area (Å²) in [6, 6.07) is 9.15. The molecular weight excluding hydrogens is 335 g/mol. The van der Waals surface area contributed by atoms with Crippen LogP contribution in [0.15, 0.2) is 30.3 Å². The van der Waals surface area contributed by atoms with Crippen molar-refractivity contribution in [3.63, 3.8) is 0 Å². The second kappa shape index (κ2) is 12.5. The molecule has 0 aliphatic rings. The van der Waals surface area contributed by atoms with Crippen LogP contribution in [-0.4, -0.2) is 12.2 Å². The molecule has 0 N–H and O–H groups in total. The molecule has 0 aliphatic heterocycles. The molecule has 2 atom stereocenters. The molecule has 0 fully saturated rings. The average molecular weight is 370 g/mol. The van der Waals surface area contributed by atoms with Crippen molar-refractivity contribution in [3.05, 3.63) is 30.3 Å². The topological polar surface area (TPSA) is 44.8 Å². The molecule has 0 bridgehead atoms. The molecule has 0 saturated carbocycles. The van der Waals surface area contributed by atoms with Crippen molar-refractivity contribution in [1.82, 2.24) is 0 Å². The van der Waals surface area contributed by atoms with Crippen molar-refractivity contribution < 1.29 is 18.1 Å². The summed E-state index contributed by atoms with van der Waals surface area (Å²) in [5, 5.41) is 0. The highest BCUT2D eigenvalue weighted by Crippen LogP contribution is 2.53. The number of phosphoric acid groups is 1. The predicted molar refractivity (Wildman–Crippen MR) is 104 cm³/mol. The Hall–Kier alpha value is -0.830. The number of hydrogen-bond donors (Lipinski definition) is 0. The summed E-state index contributed by atoms with van der Waals surface area (Å²) in [7, 11) is -3.67. The van der Waals surface area contributed by atoms with Gasteiger partial charge >= 0.3 is 7.82 Å². The predicted octanol–water partition coefficient (Wildman–Crippen LogP) is 7.14. The molecule has 0 amide bonds. The van der Waals surface area contributed by atoms with E-state index in [1.165, 1.54) is 0 Å². The van der Waals surface area contributed by atoms with E-state index in [4.69, 9.17) is 13.6 Å². The third-order valence-corrected chi connectivity index (χ3v) is 5.73. The minimum atomic E-state index is -3.67. The summed E-state index contributed by atoms with van der Waals surface area (Å²) in [4.78, 5) is 0. The molecule has 5 heteroatoms. The lowest BCUT2D eigenvalue weighted by Gasteiger charge is -2.27. The molecule has 144 valence electrons. The van der Waals surface area contributed by atoms with Crippen LogP contribution in [-0.2, 0) is 13.6 Å². The Morgan fingerprint density at radius 2 is 1.32 bits per heavy atom. The van der Waals surface area contributed by atoms with E-state index in [2.05, 4.69) is 13.8 Å². The standard InChI is InChI=1S/C20H35O4P/c1-5-9-14-18(7-3)22-25(21,23-19(8-4)15-10-6-2)24-20-16-12-11-13-17-20/h11-13,16-19H,5-10,14-15H2,1-4H3. The Kier molecular flexibility index (Phi) is 11.1. The SMILES string of the molecule is CCCCC(CC)OP(=O)(Oc1ccccc1)OC(CC)CCCC. The molecule has 2 unspecified atom stereocenters. The zero-order valence-electron chi connectivity index (χ0n) is 16.3. The van der Waals surface area contributed by atoms with E-state index in [9.17, 15) is 4.57 Å². The zero-order valence-corrected chi connectivity index (χ0v) is 17.2. The van der Waals surface area contributed by atoms with Gasteiger partial charge in [0, 0.05) is 0 Å². The molecule has 0 saturated heterocycles. The molecule has 0 radical (unpaired) electrons. The van der Waals surface area contributed by atoms with E-state index in [1.807, 2.05) is 32.0 Å². The first-order chi connectivity index (χ1) is 12.1. The minimum absolute atomic E-state index is 0.113. The fourth-order valence-corrected chi connectivity index (χ4v) is 4.32. The van der Waals surface area contributed by atoms with E-state index < -0.39 is 7.82 Å². The van der Waals surface area contributed by atoms with Gasteiger partial charge in [0.2, 0.25) is 0 Å². The first kappa shape index (κ1) is 22.2. The Morgan fingerprint density at radius 1 is 0.840 bits per heavy atom. The number of para-hydroxylation sites is 1. The van der Waals surface area contributed by atoms with Crippen molar-refractivity contribution >= 4 is 7.82 Å². The van der Waals surface area contributed by atoms with Gasteiger partial charge in [0.1, 0.15) is 5.75 Å². The fraction of sp³-hybridized carbons (Fsp3) is 0.700. The molecule has 1 aromatic rings. The number of benzene rings is 1. The summed E-state index contributed by atoms with van der Waals surface area (Å²) < 4.78 is 31.0. The van der Waals surface area contributed by atoms with Crippen LogP contribution in [0.3, 0.4) is 0 Å². The lowest BCUT2D eigenvalue weighted by molar-refractivity contribution is 0.0673. The van der Waals surface area contributed by atoms with E-state index >= 15 is 0 Å². The smallest absolute Gasteiger partial charge is 0.404 e. The van der Waals surface area contributed by atoms with Crippen molar-refractivity contribution in [2.75, 3.05) is 0 Å². The third-order valence-electron chi connectivity index (χ3n) is 4.19. The largest absolute Gasteiger partial charge is 0.530 e. The highest BCUT2D eigenvalue weighted by molar-refractivity contribution is 7.49. The monoisotopic (exact) mass is 370 g/mol. The number of unbranched alkanes of at least 4 members (excludes halogenated alkanes) is 2. The summed E-state index contributed by atoms with van der Waals surface area (Å²) in [5.74, 6) is 0.515. The normalized spacial score (nSPS) is 16.2. The maximum atomic E-state index is 13.4. The summed E-state index contributed by atoms with van der Waals surface area (Å²) in [6.45, 7) is 8.37. The first-order valence-electron chi connectivity index (χ1n) is 9.78. The van der Waals surface area contributed by atoms with Gasteiger partial charge in [-0.2, -0.15) is 0 Å². The maximum absolute atomic E-state index is 13.4. The van der Waals surface area contributed by atoms with Crippen LogP contribution in [0.1, 0.15) is 79.1 Å². The summed E-state index contributed by atoms with van der Waals surface area (Å²) in [5.41, 5.74) is 0. The lowest BCUT2D eigenvalue weighted by Crippen LogP contribution is -2.18. The Balaban J connectivity index is 2.88. The molecule has 0 aliphatic carbocycles. The van der Waals surface area contributed by atoms with Crippen LogP contribution >= 0.6 is 7.82 Å². The van der Waals surface area contributed by atoms with E-state index in [0.717, 1.165) is 51.4 Å². The maximum Gasteiger partial charge on any atom is 0.530 e. The number of hydrogen-bond acceptors (Lipinski definition) is 4. The first-order valence-corrected chi connectivity index (χ1v) is 11.2. The number of rotatable bonds is 14. The lowest BCUT2D eigenvalue weighted by atomic mass is 10.1. The van der Waals surface area contributed by atoms with Crippen LogP contribution in [0.4, 0.5) is 0 Å². The molecule has 1 aromatic carbocycles. The Morgan fingerprint density at radius 3 is 1.72 bits per heavy atom. The van der Waals surface area contributed by atoms with Crippen molar-refractivity contribution in [2.24, 2.45) is 0 Å². The summed E-state index contributed by atoms with van der Waals surface area (Å²) >= 11 is 0. The molecule has 25 heavy (non-hydrogen) atoms. The van der Waals surface area contributed by atoms with Crippen molar-refractivity contribution in [1.29, 1.82) is 0 Å². The highest BCUT2D eigenvalue weighted by atomic mass is 31.2. The van der Waals surface area contributed by atoms with Gasteiger partial charge in [-0.15, -0.1) is 0 Å². The number of phosphoric ester groups is 1. The summed E-state index contributed by atoms with van der Waals surface area (Å²) in [6.07, 6.45) is 7.32. The molecule has 1 rings (SSSR count). The van der Waals surface area contributed by atoms with Crippen molar-refractivity contribution in [3.8, 4) is 5.75 Å².